The molecule has 0 atom stereocenters. The Morgan fingerprint density at radius 2 is 2.20 bits per heavy atom. The van der Waals surface area contributed by atoms with Gasteiger partial charge in [0.15, 0.2) is 0 Å². The lowest BCUT2D eigenvalue weighted by atomic mass is 10.2. The second-order valence-electron chi connectivity index (χ2n) is 3.77. The molecule has 1 rings (SSSR count). The number of carbonyl (C=O) groups is 1. The smallest absolute Gasteiger partial charge is 0.335 e. The first kappa shape index (κ1) is 11.5. The van der Waals surface area contributed by atoms with Crippen molar-refractivity contribution in [2.45, 2.75) is 13.8 Å². The summed E-state index contributed by atoms with van der Waals surface area (Å²) in [5.41, 5.74) is 0.302. The molecule has 1 aromatic rings. The van der Waals surface area contributed by atoms with Crippen molar-refractivity contribution in [1.82, 2.24) is 0 Å². The Labute approximate surface area is 87.9 Å². The van der Waals surface area contributed by atoms with Crippen molar-refractivity contribution in [2.75, 3.05) is 11.9 Å². The van der Waals surface area contributed by atoms with Crippen molar-refractivity contribution in [1.29, 1.82) is 0 Å². The zero-order chi connectivity index (χ0) is 11.4. The van der Waals surface area contributed by atoms with Gasteiger partial charge in [-0.25, -0.2) is 9.18 Å². The van der Waals surface area contributed by atoms with Crippen molar-refractivity contribution in [3.8, 4) is 0 Å². The lowest BCUT2D eigenvalue weighted by molar-refractivity contribution is 0.0696. The summed E-state index contributed by atoms with van der Waals surface area (Å²) in [6, 6.07) is 3.85. The number of hydrogen-bond acceptors (Lipinski definition) is 2. The SMILES string of the molecule is CC(C)CNc1ccc(C(=O)O)cc1F. The summed E-state index contributed by atoms with van der Waals surface area (Å²) >= 11 is 0. The van der Waals surface area contributed by atoms with Crippen molar-refractivity contribution < 1.29 is 14.3 Å². The summed E-state index contributed by atoms with van der Waals surface area (Å²) in [4.78, 5) is 10.5. The van der Waals surface area contributed by atoms with Crippen LogP contribution >= 0.6 is 0 Å². The second-order valence-corrected chi connectivity index (χ2v) is 3.77. The Hall–Kier alpha value is -1.58. The van der Waals surface area contributed by atoms with Crippen LogP contribution in [0.3, 0.4) is 0 Å². The summed E-state index contributed by atoms with van der Waals surface area (Å²) in [5.74, 6) is -1.25. The van der Waals surface area contributed by atoms with Crippen molar-refractivity contribution in [3.63, 3.8) is 0 Å². The van der Waals surface area contributed by atoms with Gasteiger partial charge in [0.2, 0.25) is 0 Å². The predicted molar refractivity (Wildman–Crippen MR) is 56.7 cm³/mol. The quantitative estimate of drug-likeness (QED) is 0.804. The third-order valence-corrected chi connectivity index (χ3v) is 1.92. The average molecular weight is 211 g/mol. The van der Waals surface area contributed by atoms with E-state index in [0.717, 1.165) is 6.07 Å². The molecule has 0 aliphatic rings. The number of aromatic carboxylic acids is 1. The fourth-order valence-electron chi connectivity index (χ4n) is 1.11. The van der Waals surface area contributed by atoms with Crippen LogP contribution in [0, 0.1) is 11.7 Å². The van der Waals surface area contributed by atoms with E-state index in [2.05, 4.69) is 5.32 Å². The molecule has 2 N–H and O–H groups in total. The standard InChI is InChI=1S/C11H14FNO2/c1-7(2)6-13-10-4-3-8(11(14)15)5-9(10)12/h3-5,7,13H,6H2,1-2H3,(H,14,15). The van der Waals surface area contributed by atoms with E-state index in [0.29, 0.717) is 18.2 Å². The molecular formula is C11H14FNO2. The highest BCUT2D eigenvalue weighted by Crippen LogP contribution is 2.16. The number of nitrogens with one attached hydrogen (secondary N) is 1. The predicted octanol–water partition coefficient (Wildman–Crippen LogP) is 2.59. The van der Waals surface area contributed by atoms with Gasteiger partial charge >= 0.3 is 5.97 Å². The minimum atomic E-state index is -1.12. The Morgan fingerprint density at radius 1 is 1.53 bits per heavy atom. The normalized spacial score (nSPS) is 10.4. The van der Waals surface area contributed by atoms with Crippen molar-refractivity contribution in [3.05, 3.63) is 29.6 Å². The molecule has 0 spiro atoms. The Kier molecular flexibility index (Phi) is 3.66. The number of anilines is 1. The second kappa shape index (κ2) is 4.77. The van der Waals surface area contributed by atoms with Crippen LogP contribution in [0.4, 0.5) is 10.1 Å². The maximum absolute atomic E-state index is 13.3. The number of hydrogen-bond donors (Lipinski definition) is 2. The van der Waals surface area contributed by atoms with Crippen molar-refractivity contribution in [2.24, 2.45) is 5.92 Å². The molecule has 0 unspecified atom stereocenters. The van der Waals surface area contributed by atoms with Gasteiger partial charge in [-0.15, -0.1) is 0 Å². The first-order valence-electron chi connectivity index (χ1n) is 4.77. The molecule has 4 heteroatoms. The summed E-state index contributed by atoms with van der Waals surface area (Å²) in [6.45, 7) is 4.68. The Balaban J connectivity index is 2.79. The average Bonchev–Trinajstić information content (AvgIpc) is 2.15. The van der Waals surface area contributed by atoms with E-state index in [1.165, 1.54) is 12.1 Å². The molecule has 0 aliphatic carbocycles. The van der Waals surface area contributed by atoms with E-state index < -0.39 is 11.8 Å². The Bertz CT molecular complexity index is 364. The fourth-order valence-corrected chi connectivity index (χ4v) is 1.11. The number of carboxylic acid groups (broad SMARTS) is 1. The highest BCUT2D eigenvalue weighted by Gasteiger charge is 2.07. The molecule has 3 nitrogen and oxygen atoms in total. The van der Waals surface area contributed by atoms with Gasteiger partial charge in [0, 0.05) is 6.54 Å². The van der Waals surface area contributed by atoms with Gasteiger partial charge in [-0.1, -0.05) is 13.8 Å². The van der Waals surface area contributed by atoms with Gasteiger partial charge in [-0.3, -0.25) is 0 Å². The third-order valence-electron chi connectivity index (χ3n) is 1.92. The highest BCUT2D eigenvalue weighted by molar-refractivity contribution is 5.88. The maximum atomic E-state index is 13.3. The lowest BCUT2D eigenvalue weighted by Gasteiger charge is -2.09. The van der Waals surface area contributed by atoms with E-state index in [1.807, 2.05) is 13.8 Å². The largest absolute Gasteiger partial charge is 0.478 e. The molecule has 0 amide bonds. The molecule has 0 aromatic heterocycles. The molecule has 15 heavy (non-hydrogen) atoms. The lowest BCUT2D eigenvalue weighted by Crippen LogP contribution is -2.09. The van der Waals surface area contributed by atoms with Crippen LogP contribution in [-0.2, 0) is 0 Å². The van der Waals surface area contributed by atoms with E-state index in [1.54, 1.807) is 0 Å². The molecule has 1 aromatic carbocycles. The molecular weight excluding hydrogens is 197 g/mol. The van der Waals surface area contributed by atoms with Crippen LogP contribution in [0.15, 0.2) is 18.2 Å². The van der Waals surface area contributed by atoms with Crippen LogP contribution in [-0.4, -0.2) is 17.6 Å². The van der Waals surface area contributed by atoms with Gasteiger partial charge in [0.05, 0.1) is 11.3 Å². The first-order valence-corrected chi connectivity index (χ1v) is 4.77. The maximum Gasteiger partial charge on any atom is 0.335 e. The number of carboxylic acids is 1. The van der Waals surface area contributed by atoms with E-state index in [4.69, 9.17) is 5.11 Å². The topological polar surface area (TPSA) is 49.3 Å². The molecule has 82 valence electrons. The number of benzene rings is 1. The molecule has 0 heterocycles. The summed E-state index contributed by atoms with van der Waals surface area (Å²) in [6.07, 6.45) is 0. The molecule has 0 aliphatic heterocycles. The van der Waals surface area contributed by atoms with E-state index >= 15 is 0 Å². The monoisotopic (exact) mass is 211 g/mol. The van der Waals surface area contributed by atoms with Crippen LogP contribution in [0.5, 0.6) is 0 Å². The van der Waals surface area contributed by atoms with Crippen molar-refractivity contribution >= 4 is 11.7 Å². The number of halogens is 1. The molecule has 0 radical (unpaired) electrons. The number of rotatable bonds is 4. The van der Waals surface area contributed by atoms with Gasteiger partial charge < -0.3 is 10.4 Å². The minimum Gasteiger partial charge on any atom is -0.478 e. The zero-order valence-electron chi connectivity index (χ0n) is 8.75. The fraction of sp³-hybridized carbons (Fsp3) is 0.364. The minimum absolute atomic E-state index is 0.0393. The van der Waals surface area contributed by atoms with E-state index in [-0.39, 0.29) is 5.56 Å². The van der Waals surface area contributed by atoms with Crippen LogP contribution in [0.25, 0.3) is 0 Å². The van der Waals surface area contributed by atoms with Gasteiger partial charge in [-0.2, -0.15) is 0 Å². The Morgan fingerprint density at radius 3 is 2.67 bits per heavy atom. The molecule has 0 saturated heterocycles. The van der Waals surface area contributed by atoms with Crippen LogP contribution in [0.2, 0.25) is 0 Å². The van der Waals surface area contributed by atoms with Gasteiger partial charge in [0.25, 0.3) is 0 Å². The molecule has 0 fully saturated rings. The highest BCUT2D eigenvalue weighted by atomic mass is 19.1. The first-order chi connectivity index (χ1) is 7.00. The van der Waals surface area contributed by atoms with Gasteiger partial charge in [-0.05, 0) is 24.1 Å². The summed E-state index contributed by atoms with van der Waals surface area (Å²) in [5, 5.41) is 11.5. The summed E-state index contributed by atoms with van der Waals surface area (Å²) in [7, 11) is 0. The van der Waals surface area contributed by atoms with E-state index in [9.17, 15) is 9.18 Å². The molecule has 0 saturated carbocycles. The third kappa shape index (κ3) is 3.23. The van der Waals surface area contributed by atoms with Crippen LogP contribution < -0.4 is 5.32 Å². The molecule has 0 bridgehead atoms. The zero-order valence-corrected chi connectivity index (χ0v) is 8.75. The van der Waals surface area contributed by atoms with Crippen LogP contribution in [0.1, 0.15) is 24.2 Å². The van der Waals surface area contributed by atoms with Gasteiger partial charge in [0.1, 0.15) is 5.82 Å². The summed E-state index contributed by atoms with van der Waals surface area (Å²) < 4.78 is 13.3.